The third-order valence-electron chi connectivity index (χ3n) is 6.20. The van der Waals surface area contributed by atoms with Crippen LogP contribution in [0.3, 0.4) is 0 Å². The molecule has 0 N–H and O–H groups in total. The molecule has 1 rings (SSSR count). The van der Waals surface area contributed by atoms with E-state index < -0.39 is 5.41 Å². The Morgan fingerprint density at radius 1 is 1.00 bits per heavy atom. The van der Waals surface area contributed by atoms with Gasteiger partial charge in [0.25, 0.3) is 0 Å². The molecule has 1 atom stereocenters. The number of ether oxygens (including phenoxy) is 1. The Labute approximate surface area is 123 Å². The highest BCUT2D eigenvalue weighted by molar-refractivity contribution is 5.98. The Balaban J connectivity index is 3.29. The van der Waals surface area contributed by atoms with E-state index in [9.17, 15) is 9.59 Å². The zero-order valence-corrected chi connectivity index (χ0v) is 14.0. The van der Waals surface area contributed by atoms with Crippen molar-refractivity contribution < 1.29 is 14.3 Å². The summed E-state index contributed by atoms with van der Waals surface area (Å²) in [5.41, 5.74) is -0.745. The minimum atomic E-state index is -0.644. The van der Waals surface area contributed by atoms with Crippen LogP contribution in [-0.2, 0) is 14.3 Å². The quantitative estimate of drug-likeness (QED) is 0.510. The molecule has 0 aromatic heterocycles. The molecule has 0 aromatic rings. The zero-order chi connectivity index (χ0) is 15.6. The molecule has 1 aliphatic heterocycles. The number of cyclic esters (lactones) is 2. The molecule has 1 heterocycles. The van der Waals surface area contributed by atoms with Gasteiger partial charge in [0, 0.05) is 0 Å². The second-order valence-electron chi connectivity index (χ2n) is 6.98. The predicted molar refractivity (Wildman–Crippen MR) is 80.1 cm³/mol. The van der Waals surface area contributed by atoms with Crippen LogP contribution < -0.4 is 0 Å². The summed E-state index contributed by atoms with van der Waals surface area (Å²) >= 11 is 0. The fraction of sp³-hybridized carbons (Fsp3) is 0.882. The Morgan fingerprint density at radius 3 is 1.80 bits per heavy atom. The summed E-state index contributed by atoms with van der Waals surface area (Å²) in [4.78, 5) is 24.3. The standard InChI is InChI=1S/C17H30O3/c1-7-15(5,8-2)12-17(16(6,9-3)10-4)11-13(18)20-14(17)19/h7-12H2,1-6H3. The maximum atomic E-state index is 12.5. The van der Waals surface area contributed by atoms with Crippen molar-refractivity contribution in [2.24, 2.45) is 16.2 Å². The summed E-state index contributed by atoms with van der Waals surface area (Å²) < 4.78 is 4.98. The first-order chi connectivity index (χ1) is 9.22. The van der Waals surface area contributed by atoms with E-state index in [2.05, 4.69) is 41.5 Å². The molecule has 0 aromatic carbocycles. The maximum Gasteiger partial charge on any atom is 0.320 e. The smallest absolute Gasteiger partial charge is 0.320 e. The topological polar surface area (TPSA) is 43.4 Å². The minimum Gasteiger partial charge on any atom is -0.393 e. The van der Waals surface area contributed by atoms with Crippen molar-refractivity contribution in [3.8, 4) is 0 Å². The number of carbonyl (C=O) groups excluding carboxylic acids is 2. The summed E-state index contributed by atoms with van der Waals surface area (Å²) in [5, 5.41) is 0. The highest BCUT2D eigenvalue weighted by atomic mass is 16.6. The summed E-state index contributed by atoms with van der Waals surface area (Å²) in [6.45, 7) is 12.9. The summed E-state index contributed by atoms with van der Waals surface area (Å²) in [5.74, 6) is -0.639. The zero-order valence-electron chi connectivity index (χ0n) is 14.0. The molecule has 0 bridgehead atoms. The van der Waals surface area contributed by atoms with Gasteiger partial charge in [-0.3, -0.25) is 9.59 Å². The molecular formula is C17H30O3. The van der Waals surface area contributed by atoms with Crippen molar-refractivity contribution in [1.82, 2.24) is 0 Å². The van der Waals surface area contributed by atoms with Crippen LogP contribution in [0.4, 0.5) is 0 Å². The molecule has 0 spiro atoms. The SMILES string of the molecule is CCC(C)(CC)CC1(C(C)(CC)CC)CC(=O)OC1=O. The first-order valence-corrected chi connectivity index (χ1v) is 7.97. The number of hydrogen-bond donors (Lipinski definition) is 0. The molecule has 0 amide bonds. The van der Waals surface area contributed by atoms with E-state index in [-0.39, 0.29) is 29.2 Å². The van der Waals surface area contributed by atoms with Crippen LogP contribution in [0.1, 0.15) is 80.1 Å². The molecule has 1 unspecified atom stereocenters. The summed E-state index contributed by atoms with van der Waals surface area (Å²) in [6.07, 6.45) is 4.78. The fourth-order valence-corrected chi connectivity index (χ4v) is 3.52. The lowest BCUT2D eigenvalue weighted by Crippen LogP contribution is -2.46. The Bertz CT molecular complexity index is 378. The van der Waals surface area contributed by atoms with Gasteiger partial charge in [0.1, 0.15) is 0 Å². The van der Waals surface area contributed by atoms with E-state index >= 15 is 0 Å². The van der Waals surface area contributed by atoms with E-state index in [1.807, 2.05) is 0 Å². The molecule has 1 fully saturated rings. The van der Waals surface area contributed by atoms with E-state index in [4.69, 9.17) is 4.74 Å². The van der Waals surface area contributed by atoms with Gasteiger partial charge in [-0.15, -0.1) is 0 Å². The van der Waals surface area contributed by atoms with Gasteiger partial charge in [0.05, 0.1) is 11.8 Å². The second kappa shape index (κ2) is 5.87. The van der Waals surface area contributed by atoms with Gasteiger partial charge in [-0.2, -0.15) is 0 Å². The molecule has 116 valence electrons. The molecular weight excluding hydrogens is 252 g/mol. The van der Waals surface area contributed by atoms with Crippen LogP contribution >= 0.6 is 0 Å². The van der Waals surface area contributed by atoms with Crippen LogP contribution in [-0.4, -0.2) is 11.9 Å². The van der Waals surface area contributed by atoms with Crippen molar-refractivity contribution in [2.75, 3.05) is 0 Å². The molecule has 1 saturated heterocycles. The second-order valence-corrected chi connectivity index (χ2v) is 6.98. The van der Waals surface area contributed by atoms with Gasteiger partial charge in [-0.25, -0.2) is 0 Å². The average Bonchev–Trinajstić information content (AvgIpc) is 2.73. The fourth-order valence-electron chi connectivity index (χ4n) is 3.52. The summed E-state index contributed by atoms with van der Waals surface area (Å²) in [7, 11) is 0. The number of rotatable bonds is 7. The van der Waals surface area contributed by atoms with Crippen molar-refractivity contribution in [2.45, 2.75) is 80.1 Å². The van der Waals surface area contributed by atoms with Gasteiger partial charge >= 0.3 is 11.9 Å². The van der Waals surface area contributed by atoms with Crippen molar-refractivity contribution in [1.29, 1.82) is 0 Å². The highest BCUT2D eigenvalue weighted by Crippen LogP contribution is 2.57. The highest BCUT2D eigenvalue weighted by Gasteiger charge is 2.60. The monoisotopic (exact) mass is 282 g/mol. The van der Waals surface area contributed by atoms with Crippen molar-refractivity contribution in [3.05, 3.63) is 0 Å². The third-order valence-corrected chi connectivity index (χ3v) is 6.20. The predicted octanol–water partition coefficient (Wildman–Crippen LogP) is 4.49. The number of esters is 2. The summed E-state index contributed by atoms with van der Waals surface area (Å²) in [6, 6.07) is 0. The van der Waals surface area contributed by atoms with Crippen molar-refractivity contribution >= 4 is 11.9 Å². The molecule has 3 heteroatoms. The molecule has 0 saturated carbocycles. The van der Waals surface area contributed by atoms with Crippen LogP contribution in [0, 0.1) is 16.2 Å². The first-order valence-electron chi connectivity index (χ1n) is 7.97. The normalized spacial score (nSPS) is 24.1. The average molecular weight is 282 g/mol. The van der Waals surface area contributed by atoms with E-state index in [0.717, 1.165) is 32.1 Å². The van der Waals surface area contributed by atoms with E-state index in [1.54, 1.807) is 0 Å². The molecule has 20 heavy (non-hydrogen) atoms. The van der Waals surface area contributed by atoms with Gasteiger partial charge in [0.2, 0.25) is 0 Å². The lowest BCUT2D eigenvalue weighted by Gasteiger charge is -2.46. The van der Waals surface area contributed by atoms with Gasteiger partial charge < -0.3 is 4.74 Å². The van der Waals surface area contributed by atoms with Crippen LogP contribution in [0.25, 0.3) is 0 Å². The first kappa shape index (κ1) is 17.2. The lowest BCUT2D eigenvalue weighted by atomic mass is 9.54. The van der Waals surface area contributed by atoms with Gasteiger partial charge in [-0.05, 0) is 30.1 Å². The molecule has 1 aliphatic rings. The molecule has 0 radical (unpaired) electrons. The van der Waals surface area contributed by atoms with E-state index in [1.165, 1.54) is 0 Å². The van der Waals surface area contributed by atoms with Crippen LogP contribution in [0.15, 0.2) is 0 Å². The van der Waals surface area contributed by atoms with E-state index in [0.29, 0.717) is 0 Å². The third kappa shape index (κ3) is 2.64. The Morgan fingerprint density at radius 2 is 1.50 bits per heavy atom. The van der Waals surface area contributed by atoms with Gasteiger partial charge in [-0.1, -0.05) is 54.4 Å². The number of carbonyl (C=O) groups is 2. The molecule has 3 nitrogen and oxygen atoms in total. The largest absolute Gasteiger partial charge is 0.393 e. The lowest BCUT2D eigenvalue weighted by molar-refractivity contribution is -0.160. The maximum absolute atomic E-state index is 12.5. The van der Waals surface area contributed by atoms with Crippen LogP contribution in [0.5, 0.6) is 0 Å². The Kier molecular flexibility index (Phi) is 5.04. The van der Waals surface area contributed by atoms with Gasteiger partial charge in [0.15, 0.2) is 0 Å². The molecule has 0 aliphatic carbocycles. The van der Waals surface area contributed by atoms with Crippen LogP contribution in [0.2, 0.25) is 0 Å². The van der Waals surface area contributed by atoms with Crippen molar-refractivity contribution in [3.63, 3.8) is 0 Å². The Hall–Kier alpha value is -0.860. The number of hydrogen-bond acceptors (Lipinski definition) is 3. The minimum absolute atomic E-state index is 0.0786.